The van der Waals surface area contributed by atoms with Crippen molar-refractivity contribution >= 4 is 0 Å². The minimum atomic E-state index is -0.00579. The molecule has 1 N–H and O–H groups in total. The summed E-state index contributed by atoms with van der Waals surface area (Å²) in [5.74, 6) is 0.583. The summed E-state index contributed by atoms with van der Waals surface area (Å²) in [6.07, 6.45) is 6.35. The Hall–Kier alpha value is -0.0800. The van der Waals surface area contributed by atoms with Crippen LogP contribution >= 0.6 is 0 Å². The largest absolute Gasteiger partial charge is 0.393 e. The van der Waals surface area contributed by atoms with Crippen LogP contribution in [0.2, 0.25) is 0 Å². The first kappa shape index (κ1) is 7.56. The predicted molar refractivity (Wildman–Crippen MR) is 42.3 cm³/mol. The SMILES string of the molecule is OC1CCCC1CCC1CO1. The third-order valence-corrected chi connectivity index (χ3v) is 2.88. The van der Waals surface area contributed by atoms with Gasteiger partial charge in [0.25, 0.3) is 0 Å². The minimum absolute atomic E-state index is 0.00579. The van der Waals surface area contributed by atoms with Crippen LogP contribution in [-0.2, 0) is 4.74 Å². The van der Waals surface area contributed by atoms with Crippen LogP contribution in [0.15, 0.2) is 0 Å². The fourth-order valence-corrected chi connectivity index (χ4v) is 1.99. The minimum Gasteiger partial charge on any atom is -0.393 e. The van der Waals surface area contributed by atoms with Crippen molar-refractivity contribution in [2.75, 3.05) is 6.61 Å². The van der Waals surface area contributed by atoms with Crippen LogP contribution in [-0.4, -0.2) is 23.9 Å². The normalized spacial score (nSPS) is 42.8. The highest BCUT2D eigenvalue weighted by atomic mass is 16.6. The Morgan fingerprint density at radius 2 is 2.09 bits per heavy atom. The molecule has 3 unspecified atom stereocenters. The Kier molecular flexibility index (Phi) is 2.14. The molecule has 0 spiro atoms. The fourth-order valence-electron chi connectivity index (χ4n) is 1.99. The maximum atomic E-state index is 9.48. The van der Waals surface area contributed by atoms with Gasteiger partial charge >= 0.3 is 0 Å². The van der Waals surface area contributed by atoms with Crippen LogP contribution in [0.25, 0.3) is 0 Å². The van der Waals surface area contributed by atoms with Crippen molar-refractivity contribution in [1.82, 2.24) is 0 Å². The first-order valence-electron chi connectivity index (χ1n) is 4.66. The van der Waals surface area contributed by atoms with Gasteiger partial charge in [-0.1, -0.05) is 6.42 Å². The Balaban J connectivity index is 1.67. The highest BCUT2D eigenvalue weighted by Gasteiger charge is 2.28. The van der Waals surface area contributed by atoms with Crippen molar-refractivity contribution in [2.24, 2.45) is 5.92 Å². The van der Waals surface area contributed by atoms with Crippen molar-refractivity contribution in [3.63, 3.8) is 0 Å². The van der Waals surface area contributed by atoms with E-state index in [-0.39, 0.29) is 6.10 Å². The van der Waals surface area contributed by atoms with Gasteiger partial charge in [0.15, 0.2) is 0 Å². The third kappa shape index (κ3) is 1.94. The van der Waals surface area contributed by atoms with Crippen molar-refractivity contribution in [2.45, 2.75) is 44.3 Å². The molecule has 1 aliphatic heterocycles. The molecule has 1 saturated carbocycles. The molecular weight excluding hydrogens is 140 g/mol. The van der Waals surface area contributed by atoms with Gasteiger partial charge < -0.3 is 9.84 Å². The van der Waals surface area contributed by atoms with Crippen molar-refractivity contribution in [3.05, 3.63) is 0 Å². The average molecular weight is 156 g/mol. The number of ether oxygens (including phenoxy) is 1. The lowest BCUT2D eigenvalue weighted by atomic mass is 9.99. The molecule has 0 bridgehead atoms. The summed E-state index contributed by atoms with van der Waals surface area (Å²) in [5, 5.41) is 9.48. The number of rotatable bonds is 3. The van der Waals surface area contributed by atoms with E-state index < -0.39 is 0 Å². The third-order valence-electron chi connectivity index (χ3n) is 2.88. The second kappa shape index (κ2) is 3.11. The standard InChI is InChI=1S/C9H16O2/c10-9-3-1-2-7(9)4-5-8-6-11-8/h7-10H,1-6H2. The summed E-state index contributed by atoms with van der Waals surface area (Å²) < 4.78 is 5.12. The molecule has 0 aromatic heterocycles. The van der Waals surface area contributed by atoms with Gasteiger partial charge in [0.1, 0.15) is 0 Å². The highest BCUT2D eigenvalue weighted by Crippen LogP contribution is 2.31. The van der Waals surface area contributed by atoms with E-state index in [2.05, 4.69) is 0 Å². The molecular formula is C9H16O2. The first-order chi connectivity index (χ1) is 5.36. The number of epoxide rings is 1. The predicted octanol–water partition coefficient (Wildman–Crippen LogP) is 1.33. The van der Waals surface area contributed by atoms with Crippen LogP contribution in [0, 0.1) is 5.92 Å². The van der Waals surface area contributed by atoms with Gasteiger partial charge in [-0.25, -0.2) is 0 Å². The molecule has 0 radical (unpaired) electrons. The maximum absolute atomic E-state index is 9.48. The lowest BCUT2D eigenvalue weighted by molar-refractivity contribution is 0.125. The van der Waals surface area contributed by atoms with E-state index in [1.807, 2.05) is 0 Å². The smallest absolute Gasteiger partial charge is 0.0810 e. The second-order valence-corrected chi connectivity index (χ2v) is 3.79. The summed E-state index contributed by atoms with van der Waals surface area (Å²) in [5.41, 5.74) is 0. The molecule has 2 nitrogen and oxygen atoms in total. The number of hydrogen-bond acceptors (Lipinski definition) is 2. The molecule has 2 aliphatic rings. The molecule has 1 aliphatic carbocycles. The van der Waals surface area contributed by atoms with Gasteiger partial charge in [-0.2, -0.15) is 0 Å². The summed E-state index contributed by atoms with van der Waals surface area (Å²) >= 11 is 0. The fraction of sp³-hybridized carbons (Fsp3) is 1.00. The number of aliphatic hydroxyl groups is 1. The summed E-state index contributed by atoms with van der Waals surface area (Å²) in [4.78, 5) is 0. The average Bonchev–Trinajstić information content (AvgIpc) is 2.73. The second-order valence-electron chi connectivity index (χ2n) is 3.79. The van der Waals surface area contributed by atoms with Gasteiger partial charge in [0.2, 0.25) is 0 Å². The Morgan fingerprint density at radius 3 is 2.64 bits per heavy atom. The Labute approximate surface area is 67.6 Å². The molecule has 0 amide bonds. The van der Waals surface area contributed by atoms with Crippen molar-refractivity contribution < 1.29 is 9.84 Å². The first-order valence-corrected chi connectivity index (χ1v) is 4.66. The van der Waals surface area contributed by atoms with Gasteiger partial charge in [0, 0.05) is 0 Å². The van der Waals surface area contributed by atoms with Crippen molar-refractivity contribution in [1.29, 1.82) is 0 Å². The molecule has 0 aromatic rings. The van der Waals surface area contributed by atoms with Crippen LogP contribution < -0.4 is 0 Å². The molecule has 64 valence electrons. The lowest BCUT2D eigenvalue weighted by Gasteiger charge is -2.12. The molecule has 2 fully saturated rings. The Morgan fingerprint density at radius 1 is 1.27 bits per heavy atom. The van der Waals surface area contributed by atoms with Crippen LogP contribution in [0.5, 0.6) is 0 Å². The van der Waals surface area contributed by atoms with Crippen LogP contribution in [0.4, 0.5) is 0 Å². The number of aliphatic hydroxyl groups excluding tert-OH is 1. The number of hydrogen-bond donors (Lipinski definition) is 1. The summed E-state index contributed by atoms with van der Waals surface area (Å²) in [6.45, 7) is 0.961. The molecule has 11 heavy (non-hydrogen) atoms. The summed E-state index contributed by atoms with van der Waals surface area (Å²) in [7, 11) is 0. The molecule has 3 atom stereocenters. The zero-order valence-electron chi connectivity index (χ0n) is 6.83. The monoisotopic (exact) mass is 156 g/mol. The molecule has 1 heterocycles. The van der Waals surface area contributed by atoms with Gasteiger partial charge in [-0.05, 0) is 31.6 Å². The van der Waals surface area contributed by atoms with E-state index >= 15 is 0 Å². The molecule has 0 aromatic carbocycles. The molecule has 1 saturated heterocycles. The topological polar surface area (TPSA) is 32.8 Å². The Bertz CT molecular complexity index is 132. The van der Waals surface area contributed by atoms with Crippen LogP contribution in [0.3, 0.4) is 0 Å². The summed E-state index contributed by atoms with van der Waals surface area (Å²) in [6, 6.07) is 0. The van der Waals surface area contributed by atoms with Gasteiger partial charge in [0.05, 0.1) is 18.8 Å². The quantitative estimate of drug-likeness (QED) is 0.625. The molecule has 2 rings (SSSR count). The van der Waals surface area contributed by atoms with E-state index in [1.54, 1.807) is 0 Å². The van der Waals surface area contributed by atoms with E-state index in [0.717, 1.165) is 13.0 Å². The zero-order chi connectivity index (χ0) is 7.68. The lowest BCUT2D eigenvalue weighted by Crippen LogP contribution is -2.13. The van der Waals surface area contributed by atoms with E-state index in [9.17, 15) is 5.11 Å². The van der Waals surface area contributed by atoms with Crippen molar-refractivity contribution in [3.8, 4) is 0 Å². The van der Waals surface area contributed by atoms with E-state index in [1.165, 1.54) is 25.7 Å². The zero-order valence-corrected chi connectivity index (χ0v) is 6.83. The van der Waals surface area contributed by atoms with Gasteiger partial charge in [-0.3, -0.25) is 0 Å². The highest BCUT2D eigenvalue weighted by molar-refractivity contribution is 4.79. The van der Waals surface area contributed by atoms with Gasteiger partial charge in [-0.15, -0.1) is 0 Å². The van der Waals surface area contributed by atoms with E-state index in [0.29, 0.717) is 12.0 Å². The molecule has 2 heteroatoms. The van der Waals surface area contributed by atoms with E-state index in [4.69, 9.17) is 4.74 Å². The van der Waals surface area contributed by atoms with Crippen LogP contribution in [0.1, 0.15) is 32.1 Å². The maximum Gasteiger partial charge on any atom is 0.0810 e.